The monoisotopic (exact) mass is 206 g/mol. The van der Waals surface area contributed by atoms with Crippen molar-refractivity contribution in [2.75, 3.05) is 14.2 Å². The highest BCUT2D eigenvalue weighted by Crippen LogP contribution is 2.41. The van der Waals surface area contributed by atoms with Crippen molar-refractivity contribution < 1.29 is 14.3 Å². The van der Waals surface area contributed by atoms with Crippen molar-refractivity contribution >= 4 is 5.97 Å². The van der Waals surface area contributed by atoms with E-state index < -0.39 is 0 Å². The van der Waals surface area contributed by atoms with Gasteiger partial charge in [0, 0.05) is 0 Å². The van der Waals surface area contributed by atoms with Gasteiger partial charge < -0.3 is 9.47 Å². The van der Waals surface area contributed by atoms with Gasteiger partial charge in [-0.15, -0.1) is 0 Å². The number of carbonyl (C=O) groups is 1. The Morgan fingerprint density at radius 3 is 2.60 bits per heavy atom. The lowest BCUT2D eigenvalue weighted by molar-refractivity contribution is 0.0597. The molecule has 3 nitrogen and oxygen atoms in total. The van der Waals surface area contributed by atoms with Gasteiger partial charge in [-0.1, -0.05) is 6.07 Å². The molecule has 0 bridgehead atoms. The minimum atomic E-state index is -0.353. The Kier molecular flexibility index (Phi) is 2.62. The first-order chi connectivity index (χ1) is 7.26. The van der Waals surface area contributed by atoms with Gasteiger partial charge in [0.15, 0.2) is 0 Å². The second-order valence-corrected chi connectivity index (χ2v) is 3.73. The predicted molar refractivity (Wildman–Crippen MR) is 56.3 cm³/mol. The molecule has 0 amide bonds. The zero-order chi connectivity index (χ0) is 10.8. The molecule has 0 N–H and O–H groups in total. The highest BCUT2D eigenvalue weighted by atomic mass is 16.5. The summed E-state index contributed by atoms with van der Waals surface area (Å²) in [6.07, 6.45) is 2.47. The highest BCUT2D eigenvalue weighted by molar-refractivity contribution is 5.92. The van der Waals surface area contributed by atoms with Crippen molar-refractivity contribution in [1.29, 1.82) is 0 Å². The maximum atomic E-state index is 11.4. The molecule has 1 aromatic rings. The Hall–Kier alpha value is -1.51. The number of rotatable bonds is 3. The van der Waals surface area contributed by atoms with E-state index in [9.17, 15) is 4.79 Å². The van der Waals surface area contributed by atoms with Gasteiger partial charge in [-0.05, 0) is 36.5 Å². The van der Waals surface area contributed by atoms with Crippen molar-refractivity contribution in [2.24, 2.45) is 0 Å². The van der Waals surface area contributed by atoms with Crippen molar-refractivity contribution in [3.63, 3.8) is 0 Å². The van der Waals surface area contributed by atoms with E-state index in [4.69, 9.17) is 4.74 Å². The van der Waals surface area contributed by atoms with Crippen LogP contribution in [-0.4, -0.2) is 20.2 Å². The fourth-order valence-electron chi connectivity index (χ4n) is 1.66. The zero-order valence-electron chi connectivity index (χ0n) is 8.95. The fourth-order valence-corrected chi connectivity index (χ4v) is 1.66. The van der Waals surface area contributed by atoms with Crippen LogP contribution < -0.4 is 4.74 Å². The van der Waals surface area contributed by atoms with Crippen molar-refractivity contribution in [2.45, 2.75) is 18.8 Å². The second kappa shape index (κ2) is 3.93. The molecule has 1 aromatic carbocycles. The number of benzene rings is 1. The third-order valence-corrected chi connectivity index (χ3v) is 2.68. The molecule has 0 saturated heterocycles. The van der Waals surface area contributed by atoms with E-state index in [1.165, 1.54) is 25.5 Å². The Morgan fingerprint density at radius 2 is 2.07 bits per heavy atom. The molecule has 0 aromatic heterocycles. The molecule has 1 aliphatic carbocycles. The van der Waals surface area contributed by atoms with Gasteiger partial charge >= 0.3 is 5.97 Å². The Bertz CT molecular complexity index is 380. The van der Waals surface area contributed by atoms with E-state index in [0.29, 0.717) is 17.2 Å². The lowest BCUT2D eigenvalue weighted by Crippen LogP contribution is -2.04. The molecule has 0 atom stereocenters. The number of carbonyl (C=O) groups excluding carboxylic acids is 1. The predicted octanol–water partition coefficient (Wildman–Crippen LogP) is 2.36. The maximum absolute atomic E-state index is 11.4. The van der Waals surface area contributed by atoms with Gasteiger partial charge in [-0.3, -0.25) is 0 Å². The van der Waals surface area contributed by atoms with Gasteiger partial charge in [-0.2, -0.15) is 0 Å². The summed E-state index contributed by atoms with van der Waals surface area (Å²) in [5, 5.41) is 0. The lowest BCUT2D eigenvalue weighted by Gasteiger charge is -2.08. The summed E-state index contributed by atoms with van der Waals surface area (Å²) in [4.78, 5) is 11.4. The average molecular weight is 206 g/mol. The molecule has 0 radical (unpaired) electrons. The molecular weight excluding hydrogens is 192 g/mol. The van der Waals surface area contributed by atoms with Crippen LogP contribution in [0.15, 0.2) is 18.2 Å². The summed E-state index contributed by atoms with van der Waals surface area (Å²) < 4.78 is 9.86. The molecule has 80 valence electrons. The smallest absolute Gasteiger partial charge is 0.341 e. The number of hydrogen-bond donors (Lipinski definition) is 0. The minimum Gasteiger partial charge on any atom is -0.496 e. The first-order valence-electron chi connectivity index (χ1n) is 5.02. The minimum absolute atomic E-state index is 0.353. The summed E-state index contributed by atoms with van der Waals surface area (Å²) in [5.74, 6) is 0.908. The van der Waals surface area contributed by atoms with E-state index in [0.717, 1.165) is 0 Å². The quantitative estimate of drug-likeness (QED) is 0.712. The maximum Gasteiger partial charge on any atom is 0.341 e. The van der Waals surface area contributed by atoms with Crippen molar-refractivity contribution in [3.8, 4) is 5.75 Å². The Morgan fingerprint density at radius 1 is 1.33 bits per heavy atom. The molecule has 2 rings (SSSR count). The number of hydrogen-bond acceptors (Lipinski definition) is 3. The lowest BCUT2D eigenvalue weighted by atomic mass is 10.1. The molecule has 3 heteroatoms. The van der Waals surface area contributed by atoms with Gasteiger partial charge in [0.1, 0.15) is 11.3 Å². The molecular formula is C12H14O3. The molecule has 0 aliphatic heterocycles. The SMILES string of the molecule is COC(=O)c1ccc(C2CC2)cc1OC. The van der Waals surface area contributed by atoms with Crippen molar-refractivity contribution in [1.82, 2.24) is 0 Å². The highest BCUT2D eigenvalue weighted by Gasteiger charge is 2.25. The topological polar surface area (TPSA) is 35.5 Å². The van der Waals surface area contributed by atoms with Crippen LogP contribution in [0.25, 0.3) is 0 Å². The van der Waals surface area contributed by atoms with E-state index >= 15 is 0 Å². The van der Waals surface area contributed by atoms with Crippen LogP contribution in [0.2, 0.25) is 0 Å². The normalized spacial score (nSPS) is 14.8. The molecule has 0 unspecified atom stereocenters. The first kappa shape index (κ1) is 10.0. The van der Waals surface area contributed by atoms with Crippen LogP contribution in [0.4, 0.5) is 0 Å². The van der Waals surface area contributed by atoms with Gasteiger partial charge in [0.05, 0.1) is 14.2 Å². The first-order valence-corrected chi connectivity index (χ1v) is 5.02. The van der Waals surface area contributed by atoms with E-state index in [-0.39, 0.29) is 5.97 Å². The van der Waals surface area contributed by atoms with Gasteiger partial charge in [0.2, 0.25) is 0 Å². The third-order valence-electron chi connectivity index (χ3n) is 2.68. The number of ether oxygens (including phenoxy) is 2. The summed E-state index contributed by atoms with van der Waals surface area (Å²) in [7, 11) is 2.94. The second-order valence-electron chi connectivity index (χ2n) is 3.73. The molecule has 0 heterocycles. The largest absolute Gasteiger partial charge is 0.496 e. The van der Waals surface area contributed by atoms with Crippen LogP contribution >= 0.6 is 0 Å². The zero-order valence-corrected chi connectivity index (χ0v) is 8.95. The molecule has 15 heavy (non-hydrogen) atoms. The average Bonchev–Trinajstić information content (AvgIpc) is 3.11. The van der Waals surface area contributed by atoms with Crippen LogP contribution in [0.1, 0.15) is 34.7 Å². The summed E-state index contributed by atoms with van der Waals surface area (Å²) in [6, 6.07) is 5.69. The van der Waals surface area contributed by atoms with Gasteiger partial charge in [0.25, 0.3) is 0 Å². The summed E-state index contributed by atoms with van der Waals surface area (Å²) in [5.41, 5.74) is 1.74. The van der Waals surface area contributed by atoms with Crippen LogP contribution in [0.5, 0.6) is 5.75 Å². The van der Waals surface area contributed by atoms with Crippen LogP contribution in [0, 0.1) is 0 Å². The fraction of sp³-hybridized carbons (Fsp3) is 0.417. The van der Waals surface area contributed by atoms with E-state index in [1.807, 2.05) is 12.1 Å². The van der Waals surface area contributed by atoms with Gasteiger partial charge in [-0.25, -0.2) is 4.79 Å². The molecule has 0 spiro atoms. The standard InChI is InChI=1S/C12H14O3/c1-14-11-7-9(8-3-4-8)5-6-10(11)12(13)15-2/h5-8H,3-4H2,1-2H3. The van der Waals surface area contributed by atoms with Crippen molar-refractivity contribution in [3.05, 3.63) is 29.3 Å². The molecule has 1 fully saturated rings. The Balaban J connectivity index is 2.34. The van der Waals surface area contributed by atoms with Crippen LogP contribution in [-0.2, 0) is 4.74 Å². The molecule has 1 aliphatic rings. The number of esters is 1. The van der Waals surface area contributed by atoms with E-state index in [1.54, 1.807) is 13.2 Å². The number of methoxy groups -OCH3 is 2. The summed E-state index contributed by atoms with van der Waals surface area (Å²) in [6.45, 7) is 0. The van der Waals surface area contributed by atoms with Crippen LogP contribution in [0.3, 0.4) is 0 Å². The molecule has 1 saturated carbocycles. The summed E-state index contributed by atoms with van der Waals surface area (Å²) >= 11 is 0. The third kappa shape index (κ3) is 1.96. The Labute approximate surface area is 89.0 Å². The van der Waals surface area contributed by atoms with E-state index in [2.05, 4.69) is 4.74 Å².